The third-order valence-corrected chi connectivity index (χ3v) is 5.91. The molecular formula is C27H27ClN4O3. The van der Waals surface area contributed by atoms with E-state index in [1.54, 1.807) is 17.2 Å². The molecule has 0 saturated carbocycles. The summed E-state index contributed by atoms with van der Waals surface area (Å²) in [5.41, 5.74) is 2.80. The van der Waals surface area contributed by atoms with Gasteiger partial charge in [0.2, 0.25) is 11.8 Å². The Hall–Kier alpha value is -3.84. The normalized spacial score (nSPS) is 13.6. The summed E-state index contributed by atoms with van der Waals surface area (Å²) in [5, 5.41) is 3.38. The SMILES string of the molecule is O=C(/C=C/c1ccc(OCc2ccccn2)cc1)NCC(=O)N1CCN(c2ccc(Cl)cc2)CC1. The van der Waals surface area contributed by atoms with Crippen LogP contribution in [0.2, 0.25) is 5.02 Å². The van der Waals surface area contributed by atoms with E-state index in [0.29, 0.717) is 24.7 Å². The fourth-order valence-electron chi connectivity index (χ4n) is 3.69. The van der Waals surface area contributed by atoms with Crippen molar-refractivity contribution in [2.24, 2.45) is 0 Å². The van der Waals surface area contributed by atoms with Gasteiger partial charge in [-0.1, -0.05) is 29.8 Å². The first-order valence-electron chi connectivity index (χ1n) is 11.4. The predicted octanol–water partition coefficient (Wildman–Crippen LogP) is 3.79. The fraction of sp³-hybridized carbons (Fsp3) is 0.222. The van der Waals surface area contributed by atoms with Crippen LogP contribution in [0, 0.1) is 0 Å². The third kappa shape index (κ3) is 7.32. The molecule has 0 atom stereocenters. The molecule has 1 aliphatic heterocycles. The van der Waals surface area contributed by atoms with Crippen LogP contribution >= 0.6 is 11.6 Å². The molecule has 1 N–H and O–H groups in total. The first-order chi connectivity index (χ1) is 17.1. The second-order valence-electron chi connectivity index (χ2n) is 8.07. The van der Waals surface area contributed by atoms with Gasteiger partial charge in [-0.25, -0.2) is 0 Å². The Morgan fingerprint density at radius 3 is 2.40 bits per heavy atom. The number of nitrogens with zero attached hydrogens (tertiary/aromatic N) is 3. The molecule has 2 aromatic carbocycles. The molecule has 3 aromatic rings. The topological polar surface area (TPSA) is 74.8 Å². The van der Waals surface area contributed by atoms with Crippen molar-refractivity contribution in [3.8, 4) is 5.75 Å². The molecule has 7 nitrogen and oxygen atoms in total. The van der Waals surface area contributed by atoms with Gasteiger partial charge in [0.25, 0.3) is 0 Å². The van der Waals surface area contributed by atoms with Gasteiger partial charge in [-0.3, -0.25) is 14.6 Å². The first-order valence-corrected chi connectivity index (χ1v) is 11.8. The van der Waals surface area contributed by atoms with Crippen LogP contribution in [0.3, 0.4) is 0 Å². The maximum absolute atomic E-state index is 12.5. The molecule has 0 bridgehead atoms. The summed E-state index contributed by atoms with van der Waals surface area (Å²) in [7, 11) is 0. The number of halogens is 1. The Morgan fingerprint density at radius 2 is 1.71 bits per heavy atom. The zero-order valence-electron chi connectivity index (χ0n) is 19.3. The van der Waals surface area contributed by atoms with Gasteiger partial charge in [-0.15, -0.1) is 0 Å². The van der Waals surface area contributed by atoms with Gasteiger partial charge in [0.15, 0.2) is 0 Å². The Labute approximate surface area is 210 Å². The number of amides is 2. The summed E-state index contributed by atoms with van der Waals surface area (Å²) in [6.45, 7) is 3.07. The minimum Gasteiger partial charge on any atom is -0.487 e. The molecule has 1 aromatic heterocycles. The summed E-state index contributed by atoms with van der Waals surface area (Å²) in [6, 6.07) is 20.8. The van der Waals surface area contributed by atoms with E-state index in [9.17, 15) is 9.59 Å². The highest BCUT2D eigenvalue weighted by atomic mass is 35.5. The Bertz CT molecular complexity index is 1140. The van der Waals surface area contributed by atoms with Gasteiger partial charge < -0.3 is 19.9 Å². The quantitative estimate of drug-likeness (QED) is 0.486. The van der Waals surface area contributed by atoms with Crippen molar-refractivity contribution in [2.75, 3.05) is 37.6 Å². The number of hydrogen-bond donors (Lipinski definition) is 1. The average molecular weight is 491 g/mol. The summed E-state index contributed by atoms with van der Waals surface area (Å²) >= 11 is 5.95. The molecule has 180 valence electrons. The molecule has 2 amide bonds. The van der Waals surface area contributed by atoms with Crippen molar-refractivity contribution >= 4 is 35.2 Å². The number of anilines is 1. The number of hydrogen-bond acceptors (Lipinski definition) is 5. The molecule has 0 aliphatic carbocycles. The fourth-order valence-corrected chi connectivity index (χ4v) is 3.81. The maximum Gasteiger partial charge on any atom is 0.244 e. The number of nitrogens with one attached hydrogen (secondary N) is 1. The van der Waals surface area contributed by atoms with E-state index in [4.69, 9.17) is 16.3 Å². The van der Waals surface area contributed by atoms with Crippen LogP contribution in [0.15, 0.2) is 79.0 Å². The van der Waals surface area contributed by atoms with E-state index in [1.165, 1.54) is 6.08 Å². The lowest BCUT2D eigenvalue weighted by Crippen LogP contribution is -2.51. The second kappa shape index (κ2) is 12.0. The van der Waals surface area contributed by atoms with Crippen LogP contribution < -0.4 is 15.0 Å². The van der Waals surface area contributed by atoms with Crippen molar-refractivity contribution in [3.05, 3.63) is 95.3 Å². The number of piperazine rings is 1. The Balaban J connectivity index is 1.17. The van der Waals surface area contributed by atoms with Crippen molar-refractivity contribution in [2.45, 2.75) is 6.61 Å². The van der Waals surface area contributed by atoms with Crippen LogP contribution in [-0.2, 0) is 16.2 Å². The minimum absolute atomic E-state index is 0.0234. The highest BCUT2D eigenvalue weighted by molar-refractivity contribution is 6.30. The monoisotopic (exact) mass is 490 g/mol. The van der Waals surface area contributed by atoms with Gasteiger partial charge in [0.1, 0.15) is 12.4 Å². The molecule has 4 rings (SSSR count). The number of aromatic nitrogens is 1. The molecule has 2 heterocycles. The number of ether oxygens (including phenoxy) is 1. The molecule has 1 aliphatic rings. The molecular weight excluding hydrogens is 464 g/mol. The summed E-state index contributed by atoms with van der Waals surface area (Å²) in [5.74, 6) is 0.324. The van der Waals surface area contributed by atoms with Gasteiger partial charge in [-0.05, 0) is 60.2 Å². The lowest BCUT2D eigenvalue weighted by Gasteiger charge is -2.36. The zero-order chi connectivity index (χ0) is 24.5. The maximum atomic E-state index is 12.5. The first kappa shape index (κ1) is 24.3. The third-order valence-electron chi connectivity index (χ3n) is 5.66. The number of carbonyl (C=O) groups is 2. The van der Waals surface area contributed by atoms with Gasteiger partial charge >= 0.3 is 0 Å². The van der Waals surface area contributed by atoms with Crippen molar-refractivity contribution in [1.29, 1.82) is 0 Å². The zero-order valence-corrected chi connectivity index (χ0v) is 20.0. The molecule has 0 spiro atoms. The smallest absolute Gasteiger partial charge is 0.244 e. The highest BCUT2D eigenvalue weighted by Crippen LogP contribution is 2.19. The molecule has 0 radical (unpaired) electrons. The van der Waals surface area contributed by atoms with E-state index in [-0.39, 0.29) is 18.4 Å². The van der Waals surface area contributed by atoms with Gasteiger partial charge in [0.05, 0.1) is 12.2 Å². The van der Waals surface area contributed by atoms with Crippen LogP contribution in [-0.4, -0.2) is 54.4 Å². The predicted molar refractivity (Wildman–Crippen MR) is 137 cm³/mol. The molecule has 35 heavy (non-hydrogen) atoms. The Kier molecular flexibility index (Phi) is 8.35. The number of benzene rings is 2. The van der Waals surface area contributed by atoms with Crippen LogP contribution in [0.5, 0.6) is 5.75 Å². The highest BCUT2D eigenvalue weighted by Gasteiger charge is 2.21. The Morgan fingerprint density at radius 1 is 0.971 bits per heavy atom. The van der Waals surface area contributed by atoms with Crippen LogP contribution in [0.4, 0.5) is 5.69 Å². The molecule has 8 heteroatoms. The van der Waals surface area contributed by atoms with E-state index >= 15 is 0 Å². The van der Waals surface area contributed by atoms with Gasteiger partial charge in [-0.2, -0.15) is 0 Å². The lowest BCUT2D eigenvalue weighted by molar-refractivity contribution is -0.132. The number of pyridine rings is 1. The summed E-state index contributed by atoms with van der Waals surface area (Å²) in [4.78, 5) is 32.9. The minimum atomic E-state index is -0.311. The molecule has 1 saturated heterocycles. The van der Waals surface area contributed by atoms with Crippen LogP contribution in [0.25, 0.3) is 6.08 Å². The van der Waals surface area contributed by atoms with E-state index in [2.05, 4.69) is 15.2 Å². The number of rotatable bonds is 8. The van der Waals surface area contributed by atoms with Crippen molar-refractivity contribution < 1.29 is 14.3 Å². The average Bonchev–Trinajstić information content (AvgIpc) is 2.91. The van der Waals surface area contributed by atoms with E-state index < -0.39 is 0 Å². The summed E-state index contributed by atoms with van der Waals surface area (Å²) < 4.78 is 5.72. The van der Waals surface area contributed by atoms with Crippen molar-refractivity contribution in [3.63, 3.8) is 0 Å². The standard InChI is InChI=1S/C27H27ClN4O3/c28-22-7-9-24(10-8-22)31-15-17-32(18-16-31)27(34)19-30-26(33)13-6-21-4-11-25(12-5-21)35-20-23-3-1-2-14-29-23/h1-14H,15-20H2,(H,30,33)/b13-6+. The molecule has 1 fully saturated rings. The second-order valence-corrected chi connectivity index (χ2v) is 8.51. The summed E-state index contributed by atoms with van der Waals surface area (Å²) in [6.07, 6.45) is 4.86. The largest absolute Gasteiger partial charge is 0.487 e. The number of carbonyl (C=O) groups excluding carboxylic acids is 2. The lowest BCUT2D eigenvalue weighted by atomic mass is 10.2. The molecule has 0 unspecified atom stereocenters. The van der Waals surface area contributed by atoms with Gasteiger partial charge in [0, 0.05) is 49.2 Å². The van der Waals surface area contributed by atoms with Crippen LogP contribution in [0.1, 0.15) is 11.3 Å². The van der Waals surface area contributed by atoms with E-state index in [0.717, 1.165) is 35.8 Å². The van der Waals surface area contributed by atoms with Crippen molar-refractivity contribution in [1.82, 2.24) is 15.2 Å². The van der Waals surface area contributed by atoms with E-state index in [1.807, 2.05) is 66.7 Å².